The molecule has 2 fully saturated rings. The van der Waals surface area contributed by atoms with E-state index in [1.807, 2.05) is 22.9 Å². The molecule has 0 radical (unpaired) electrons. The molecule has 2 aromatic heterocycles. The van der Waals surface area contributed by atoms with Gasteiger partial charge in [-0.1, -0.05) is 69.3 Å². The lowest BCUT2D eigenvalue weighted by molar-refractivity contribution is -0.137. The Morgan fingerprint density at radius 2 is 1.43 bits per heavy atom. The number of methoxy groups -OCH3 is 1. The van der Waals surface area contributed by atoms with Gasteiger partial charge < -0.3 is 29.8 Å². The Hall–Kier alpha value is -3.88. The van der Waals surface area contributed by atoms with Crippen LogP contribution < -0.4 is 5.32 Å². The number of alkyl carbamates (subject to hydrolysis) is 1. The van der Waals surface area contributed by atoms with Crippen LogP contribution >= 0.6 is 40.5 Å². The van der Waals surface area contributed by atoms with Gasteiger partial charge in [0.1, 0.15) is 17.7 Å². The largest absolute Gasteiger partial charge is 0.453 e. The fourth-order valence-electron chi connectivity index (χ4n) is 7.64. The number of H-pyrrole nitrogens is 2. The van der Waals surface area contributed by atoms with Crippen LogP contribution in [0, 0.1) is 11.8 Å². The summed E-state index contributed by atoms with van der Waals surface area (Å²) < 4.78 is 4.80. The van der Waals surface area contributed by atoms with Gasteiger partial charge in [-0.15, -0.1) is 0 Å². The molecule has 4 atom stereocenters. The van der Waals surface area contributed by atoms with Crippen molar-refractivity contribution in [2.24, 2.45) is 11.8 Å². The Bertz CT molecular complexity index is 1860. The zero-order valence-electron chi connectivity index (χ0n) is 30.9. The van der Waals surface area contributed by atoms with Gasteiger partial charge in [0.25, 0.3) is 0 Å². The minimum atomic E-state index is -0.613. The van der Waals surface area contributed by atoms with E-state index < -0.39 is 12.1 Å². The van der Waals surface area contributed by atoms with Gasteiger partial charge in [0.15, 0.2) is 0 Å². The first-order valence-electron chi connectivity index (χ1n) is 18.0. The molecule has 3 amide bonds. The average molecular weight is 780 g/mol. The van der Waals surface area contributed by atoms with Crippen molar-refractivity contribution in [2.45, 2.75) is 83.8 Å². The Balaban J connectivity index is 0.00000209. The molecule has 2 saturated heterocycles. The number of rotatable bonds is 7. The number of likely N-dealkylation sites (tertiary alicyclic amines) is 1. The molecule has 0 aliphatic carbocycles. The molecule has 3 aliphatic heterocycles. The smallest absolute Gasteiger partial charge is 0.407 e. The molecule has 286 valence electrons. The number of aromatic amines is 2. The number of fused-ring (bicyclic) bond motifs is 4. The summed E-state index contributed by atoms with van der Waals surface area (Å²) in [5.41, 5.74) is 7.18. The van der Waals surface area contributed by atoms with Crippen LogP contribution in [0.3, 0.4) is 0 Å². The minimum absolute atomic E-state index is 0. The quantitative estimate of drug-likeness (QED) is 0.182. The van der Waals surface area contributed by atoms with Gasteiger partial charge in [-0.2, -0.15) is 40.5 Å². The summed E-state index contributed by atoms with van der Waals surface area (Å²) >= 11 is 0. The van der Waals surface area contributed by atoms with Crippen LogP contribution in [0.4, 0.5) is 4.79 Å². The number of hydrogen-bond acceptors (Lipinski definition) is 6. The fourth-order valence-corrected chi connectivity index (χ4v) is 7.64. The number of aromatic nitrogens is 4. The summed E-state index contributed by atoms with van der Waals surface area (Å²) in [4.78, 5) is 59.3. The molecule has 3 N–H and O–H groups in total. The summed E-state index contributed by atoms with van der Waals surface area (Å²) in [6.45, 7) is 7.64. The van der Waals surface area contributed by atoms with E-state index in [0.29, 0.717) is 31.7 Å². The number of hydrogen-bond donors (Lipinski definition) is 3. The fraction of sp³-hybridized carbons (Fsp3) is 0.462. The lowest BCUT2D eigenvalue weighted by Crippen LogP contribution is -2.48. The van der Waals surface area contributed by atoms with Gasteiger partial charge >= 0.3 is 6.09 Å². The standard InChI is InChI=1S/C39H47N7O4.3H2S/c1-23(2)24(3)37(47)45-20-6-10-32(45)35-40-22-31(42-35)27-16-12-25(13-17-27)26-14-18-28(19-15-26)34-29-8-5-9-30(43-39(49)50-4)38(48)46-21-7-11-33(46)36(41-29)44-34;;;/h12-19,22-24,30,32-33H,5-11,20-21H2,1-4H3,(H,40,42)(H,41,44)(H,43,49);3*1H2/t24-,30-,32-,33-;;;/m0.../s1. The highest BCUT2D eigenvalue weighted by Gasteiger charge is 2.38. The number of aryl methyl sites for hydroxylation is 1. The van der Waals surface area contributed by atoms with Gasteiger partial charge in [-0.05, 0) is 67.6 Å². The topological polar surface area (TPSA) is 136 Å². The maximum Gasteiger partial charge on any atom is 0.407 e. The molecule has 2 bridgehead atoms. The first kappa shape index (κ1) is 41.9. The molecule has 0 spiro atoms. The number of nitrogens with zero attached hydrogens (tertiary/aromatic N) is 4. The predicted molar refractivity (Wildman–Crippen MR) is 222 cm³/mol. The highest BCUT2D eigenvalue weighted by molar-refractivity contribution is 7.59. The molecule has 7 rings (SSSR count). The molecule has 14 heteroatoms. The number of ether oxygens (including phenoxy) is 1. The van der Waals surface area contributed by atoms with Crippen LogP contribution in [-0.4, -0.2) is 73.9 Å². The summed E-state index contributed by atoms with van der Waals surface area (Å²) in [5, 5.41) is 2.75. The van der Waals surface area contributed by atoms with Gasteiger partial charge in [0, 0.05) is 30.3 Å². The van der Waals surface area contributed by atoms with Gasteiger partial charge in [0.2, 0.25) is 11.8 Å². The van der Waals surface area contributed by atoms with Crippen LogP contribution in [-0.2, 0) is 20.7 Å². The molecular formula is C39H53N7O4S3. The van der Waals surface area contributed by atoms with E-state index >= 15 is 0 Å². The summed E-state index contributed by atoms with van der Waals surface area (Å²) in [5.74, 6) is 2.09. The third-order valence-electron chi connectivity index (χ3n) is 10.9. The van der Waals surface area contributed by atoms with Crippen molar-refractivity contribution < 1.29 is 19.1 Å². The van der Waals surface area contributed by atoms with Gasteiger partial charge in [-0.25, -0.2) is 14.8 Å². The third-order valence-corrected chi connectivity index (χ3v) is 10.9. The van der Waals surface area contributed by atoms with E-state index in [1.165, 1.54) is 7.11 Å². The number of carbonyl (C=O) groups excluding carboxylic acids is 3. The molecule has 11 nitrogen and oxygen atoms in total. The Labute approximate surface area is 332 Å². The van der Waals surface area contributed by atoms with Crippen molar-refractivity contribution >= 4 is 58.4 Å². The van der Waals surface area contributed by atoms with Crippen LogP contribution in [0.15, 0.2) is 54.7 Å². The lowest BCUT2D eigenvalue weighted by atomic mass is 9.96. The highest BCUT2D eigenvalue weighted by Crippen LogP contribution is 2.37. The number of imidazole rings is 2. The molecular weight excluding hydrogens is 727 g/mol. The average Bonchev–Trinajstić information content (AvgIpc) is 3.96. The van der Waals surface area contributed by atoms with Crippen LogP contribution in [0.5, 0.6) is 0 Å². The summed E-state index contributed by atoms with van der Waals surface area (Å²) in [6.07, 6.45) is 6.87. The predicted octanol–water partition coefficient (Wildman–Crippen LogP) is 7.15. The Morgan fingerprint density at radius 1 is 0.811 bits per heavy atom. The van der Waals surface area contributed by atoms with Crippen LogP contribution in [0.2, 0.25) is 0 Å². The molecule has 53 heavy (non-hydrogen) atoms. The minimum Gasteiger partial charge on any atom is -0.453 e. The molecule has 5 heterocycles. The first-order valence-corrected chi connectivity index (χ1v) is 18.0. The monoisotopic (exact) mass is 779 g/mol. The normalized spacial score (nSPS) is 20.1. The van der Waals surface area contributed by atoms with E-state index in [1.54, 1.807) is 0 Å². The number of carbonyl (C=O) groups is 3. The van der Waals surface area contributed by atoms with Gasteiger partial charge in [-0.3, -0.25) is 9.59 Å². The second kappa shape index (κ2) is 18.0. The van der Waals surface area contributed by atoms with E-state index in [2.05, 4.69) is 77.7 Å². The maximum absolute atomic E-state index is 13.5. The number of nitrogens with one attached hydrogen (secondary N) is 3. The molecule has 0 unspecified atom stereocenters. The zero-order valence-corrected chi connectivity index (χ0v) is 33.9. The maximum atomic E-state index is 13.5. The summed E-state index contributed by atoms with van der Waals surface area (Å²) in [6, 6.07) is 16.2. The van der Waals surface area contributed by atoms with E-state index in [4.69, 9.17) is 14.7 Å². The van der Waals surface area contributed by atoms with Crippen molar-refractivity contribution in [3.63, 3.8) is 0 Å². The van der Waals surface area contributed by atoms with E-state index in [0.717, 1.165) is 83.2 Å². The Kier molecular flexibility index (Phi) is 14.2. The lowest BCUT2D eigenvalue weighted by Gasteiger charge is -2.28. The van der Waals surface area contributed by atoms with Crippen LogP contribution in [0.1, 0.15) is 88.7 Å². The molecule has 4 aromatic rings. The van der Waals surface area contributed by atoms with Gasteiger partial charge in [0.05, 0.1) is 36.8 Å². The number of benzene rings is 2. The van der Waals surface area contributed by atoms with E-state index in [9.17, 15) is 14.4 Å². The SMILES string of the molecule is COC(=O)N[C@H]1CCCc2[nH]c(nc2-c2ccc(-c3ccc(-c4cnc([C@@H]5CCCN5C(=O)[C@@H](C)C(C)C)[nH]4)cc3)cc2)[C@@H]2CCCN2C1=O.S.S.S. The van der Waals surface area contributed by atoms with E-state index in [-0.39, 0.29) is 70.3 Å². The van der Waals surface area contributed by atoms with Crippen LogP contribution in [0.25, 0.3) is 33.6 Å². The zero-order chi connectivity index (χ0) is 34.9. The first-order chi connectivity index (χ1) is 24.2. The third kappa shape index (κ3) is 8.60. The van der Waals surface area contributed by atoms with Crippen molar-refractivity contribution in [1.82, 2.24) is 35.1 Å². The van der Waals surface area contributed by atoms with Crippen molar-refractivity contribution in [3.8, 4) is 33.6 Å². The molecule has 0 saturated carbocycles. The van der Waals surface area contributed by atoms with Crippen molar-refractivity contribution in [3.05, 3.63) is 72.1 Å². The summed E-state index contributed by atoms with van der Waals surface area (Å²) in [7, 11) is 1.32. The van der Waals surface area contributed by atoms with Crippen molar-refractivity contribution in [1.29, 1.82) is 0 Å². The molecule has 3 aliphatic rings. The van der Waals surface area contributed by atoms with Crippen molar-refractivity contribution in [2.75, 3.05) is 20.2 Å². The number of amides is 3. The second-order valence-corrected chi connectivity index (χ2v) is 14.3. The highest BCUT2D eigenvalue weighted by atomic mass is 32.1. The Morgan fingerprint density at radius 3 is 2.09 bits per heavy atom. The second-order valence-electron chi connectivity index (χ2n) is 14.3. The molecule has 2 aromatic carbocycles.